The van der Waals surface area contributed by atoms with Crippen LogP contribution in [0.5, 0.6) is 5.75 Å². The van der Waals surface area contributed by atoms with E-state index in [9.17, 15) is 13.6 Å². The van der Waals surface area contributed by atoms with E-state index in [1.54, 1.807) is 30.6 Å². The van der Waals surface area contributed by atoms with Crippen LogP contribution in [-0.2, 0) is 4.79 Å². The topological polar surface area (TPSA) is 103 Å². The van der Waals surface area contributed by atoms with Crippen molar-refractivity contribution in [1.82, 2.24) is 15.0 Å². The molecule has 0 aliphatic carbocycles. The number of carbonyl (C=O) groups is 1. The fourth-order valence-electron chi connectivity index (χ4n) is 3.31. The van der Waals surface area contributed by atoms with E-state index in [4.69, 9.17) is 10.5 Å². The number of methoxy groups -OCH3 is 1. The second kappa shape index (κ2) is 8.93. The summed E-state index contributed by atoms with van der Waals surface area (Å²) >= 11 is 0. The molecule has 0 radical (unpaired) electrons. The average Bonchev–Trinajstić information content (AvgIpc) is 2.78. The first-order valence-corrected chi connectivity index (χ1v) is 9.73. The molecule has 9 heteroatoms. The van der Waals surface area contributed by atoms with Crippen molar-refractivity contribution in [3.8, 4) is 28.3 Å². The highest BCUT2D eigenvalue weighted by molar-refractivity contribution is 5.98. The number of hydrogen-bond donors (Lipinski definition) is 2. The van der Waals surface area contributed by atoms with Crippen molar-refractivity contribution in [2.75, 3.05) is 19.0 Å². The lowest BCUT2D eigenvalue weighted by Crippen LogP contribution is -2.16. The predicted octanol–water partition coefficient (Wildman–Crippen LogP) is 3.93. The van der Waals surface area contributed by atoms with Gasteiger partial charge in [-0.3, -0.25) is 9.78 Å². The molecule has 0 unspecified atom stereocenters. The molecular formula is C23H19F2N5O2. The van der Waals surface area contributed by atoms with Crippen molar-refractivity contribution >= 4 is 22.6 Å². The molecule has 32 heavy (non-hydrogen) atoms. The molecule has 2 aromatic heterocycles. The number of aromatic nitrogens is 3. The lowest BCUT2D eigenvalue weighted by molar-refractivity contribution is -0.117. The molecule has 4 rings (SSSR count). The fraction of sp³-hybridized carbons (Fsp3) is 0.130. The number of nitrogens with zero attached hydrogens (tertiary/aromatic N) is 3. The second-order valence-corrected chi connectivity index (χ2v) is 7.01. The van der Waals surface area contributed by atoms with Gasteiger partial charge in [0.15, 0.2) is 5.82 Å². The molecule has 0 bridgehead atoms. The van der Waals surface area contributed by atoms with E-state index in [0.29, 0.717) is 45.0 Å². The van der Waals surface area contributed by atoms with Crippen molar-refractivity contribution in [3.63, 3.8) is 0 Å². The number of nitrogens with two attached hydrogens (primary N) is 1. The quantitative estimate of drug-likeness (QED) is 0.456. The Morgan fingerprint density at radius 1 is 1.06 bits per heavy atom. The Balaban J connectivity index is 1.92. The number of primary amides is 1. The van der Waals surface area contributed by atoms with Crippen molar-refractivity contribution in [2.45, 2.75) is 6.42 Å². The molecular weight excluding hydrogens is 416 g/mol. The van der Waals surface area contributed by atoms with Crippen LogP contribution in [0.4, 0.5) is 14.6 Å². The van der Waals surface area contributed by atoms with E-state index in [0.717, 1.165) is 6.07 Å². The predicted molar refractivity (Wildman–Crippen MR) is 117 cm³/mol. The summed E-state index contributed by atoms with van der Waals surface area (Å²) in [5, 5.41) is 3.66. The maximum atomic E-state index is 13.8. The van der Waals surface area contributed by atoms with Crippen LogP contribution in [0, 0.1) is 11.6 Å². The third-order valence-corrected chi connectivity index (χ3v) is 4.76. The van der Waals surface area contributed by atoms with Crippen LogP contribution in [0.15, 0.2) is 54.9 Å². The van der Waals surface area contributed by atoms with E-state index < -0.39 is 17.5 Å². The molecule has 0 saturated carbocycles. The highest BCUT2D eigenvalue weighted by Crippen LogP contribution is 2.36. The molecule has 2 heterocycles. The molecule has 0 saturated heterocycles. The zero-order chi connectivity index (χ0) is 22.7. The van der Waals surface area contributed by atoms with Gasteiger partial charge in [-0.15, -0.1) is 0 Å². The summed E-state index contributed by atoms with van der Waals surface area (Å²) < 4.78 is 33.2. The first-order valence-electron chi connectivity index (χ1n) is 9.73. The van der Waals surface area contributed by atoms with Gasteiger partial charge in [0.2, 0.25) is 5.91 Å². The van der Waals surface area contributed by atoms with Gasteiger partial charge in [-0.1, -0.05) is 0 Å². The van der Waals surface area contributed by atoms with Crippen molar-refractivity contribution < 1.29 is 18.3 Å². The lowest BCUT2D eigenvalue weighted by Gasteiger charge is -2.15. The minimum Gasteiger partial charge on any atom is -0.494 e. The van der Waals surface area contributed by atoms with Gasteiger partial charge in [0.1, 0.15) is 28.7 Å². The molecule has 1 amide bonds. The minimum atomic E-state index is -0.693. The number of benzene rings is 2. The Labute approximate surface area is 182 Å². The van der Waals surface area contributed by atoms with Gasteiger partial charge in [-0.25, -0.2) is 18.7 Å². The number of fused-ring (bicyclic) bond motifs is 1. The normalized spacial score (nSPS) is 10.8. The molecule has 0 aliphatic heterocycles. The summed E-state index contributed by atoms with van der Waals surface area (Å²) in [6, 6.07) is 10.2. The molecule has 0 aliphatic rings. The Morgan fingerprint density at radius 2 is 1.81 bits per heavy atom. The molecule has 3 N–H and O–H groups in total. The standard InChI is InChI=1S/C23H19F2N5O2/c1-32-19-10-15(14-7-16(24)11-17(25)8-14)9-18-21(19)29-22(13-3-2-5-27-12-13)30-23(18)28-6-4-20(26)31/h2-3,5,7-12H,4,6H2,1H3,(H2,26,31)(H,28,29,30). The van der Waals surface area contributed by atoms with Gasteiger partial charge in [-0.05, 0) is 47.5 Å². The molecule has 0 spiro atoms. The van der Waals surface area contributed by atoms with Gasteiger partial charge >= 0.3 is 0 Å². The van der Waals surface area contributed by atoms with E-state index in [1.807, 2.05) is 6.07 Å². The highest BCUT2D eigenvalue weighted by atomic mass is 19.1. The number of halogens is 2. The average molecular weight is 435 g/mol. The van der Waals surface area contributed by atoms with Crippen LogP contribution in [0.3, 0.4) is 0 Å². The Bertz CT molecular complexity index is 1280. The van der Waals surface area contributed by atoms with Gasteiger partial charge in [0.05, 0.1) is 7.11 Å². The first-order chi connectivity index (χ1) is 15.4. The molecule has 162 valence electrons. The smallest absolute Gasteiger partial charge is 0.219 e. The number of anilines is 1. The van der Waals surface area contributed by atoms with E-state index in [-0.39, 0.29) is 13.0 Å². The van der Waals surface area contributed by atoms with E-state index in [1.165, 1.54) is 19.2 Å². The molecule has 2 aromatic carbocycles. The number of hydrogen-bond acceptors (Lipinski definition) is 6. The number of amides is 1. The monoisotopic (exact) mass is 435 g/mol. The van der Waals surface area contributed by atoms with Crippen LogP contribution < -0.4 is 15.8 Å². The van der Waals surface area contributed by atoms with Crippen molar-refractivity contribution in [2.24, 2.45) is 5.73 Å². The number of pyridine rings is 1. The fourth-order valence-corrected chi connectivity index (χ4v) is 3.31. The van der Waals surface area contributed by atoms with Gasteiger partial charge in [0, 0.05) is 42.4 Å². The summed E-state index contributed by atoms with van der Waals surface area (Å²) in [6.45, 7) is 0.245. The Morgan fingerprint density at radius 3 is 2.47 bits per heavy atom. The maximum absolute atomic E-state index is 13.8. The number of carbonyl (C=O) groups excluding carboxylic acids is 1. The number of ether oxygens (including phenoxy) is 1. The summed E-state index contributed by atoms with van der Waals surface area (Å²) in [5.41, 5.74) is 7.28. The molecule has 0 fully saturated rings. The number of nitrogens with one attached hydrogen (secondary N) is 1. The van der Waals surface area contributed by atoms with Crippen LogP contribution >= 0.6 is 0 Å². The summed E-state index contributed by atoms with van der Waals surface area (Å²) in [7, 11) is 1.48. The highest BCUT2D eigenvalue weighted by Gasteiger charge is 2.16. The lowest BCUT2D eigenvalue weighted by atomic mass is 10.0. The van der Waals surface area contributed by atoms with E-state index in [2.05, 4.69) is 20.3 Å². The SMILES string of the molecule is COc1cc(-c2cc(F)cc(F)c2)cc2c(NCCC(N)=O)nc(-c3cccnc3)nc12. The summed E-state index contributed by atoms with van der Waals surface area (Å²) in [6.07, 6.45) is 3.37. The summed E-state index contributed by atoms with van der Waals surface area (Å²) in [5.74, 6) is -0.629. The summed E-state index contributed by atoms with van der Waals surface area (Å²) in [4.78, 5) is 24.5. The van der Waals surface area contributed by atoms with Crippen LogP contribution in [0.25, 0.3) is 33.4 Å². The second-order valence-electron chi connectivity index (χ2n) is 7.01. The Hall–Kier alpha value is -4.14. The third kappa shape index (κ3) is 4.46. The van der Waals surface area contributed by atoms with Crippen LogP contribution in [0.1, 0.15) is 6.42 Å². The Kier molecular flexibility index (Phi) is 5.89. The van der Waals surface area contributed by atoms with E-state index >= 15 is 0 Å². The molecule has 4 aromatic rings. The largest absolute Gasteiger partial charge is 0.494 e. The molecule has 0 atom stereocenters. The van der Waals surface area contributed by atoms with Crippen LogP contribution in [0.2, 0.25) is 0 Å². The first kappa shape index (κ1) is 21.1. The van der Waals surface area contributed by atoms with Gasteiger partial charge in [-0.2, -0.15) is 0 Å². The molecule has 7 nitrogen and oxygen atoms in total. The third-order valence-electron chi connectivity index (χ3n) is 4.76. The van der Waals surface area contributed by atoms with Crippen LogP contribution in [-0.4, -0.2) is 34.5 Å². The van der Waals surface area contributed by atoms with Crippen molar-refractivity contribution in [3.05, 3.63) is 66.5 Å². The zero-order valence-electron chi connectivity index (χ0n) is 17.1. The minimum absolute atomic E-state index is 0.0969. The number of rotatable bonds is 7. The van der Waals surface area contributed by atoms with Gasteiger partial charge in [0.25, 0.3) is 0 Å². The van der Waals surface area contributed by atoms with Crippen molar-refractivity contribution in [1.29, 1.82) is 0 Å². The zero-order valence-corrected chi connectivity index (χ0v) is 17.1. The maximum Gasteiger partial charge on any atom is 0.219 e. The van der Waals surface area contributed by atoms with Gasteiger partial charge < -0.3 is 15.8 Å².